The van der Waals surface area contributed by atoms with Gasteiger partial charge in [0, 0.05) is 19.6 Å². The average molecular weight is 376 g/mol. The summed E-state index contributed by atoms with van der Waals surface area (Å²) in [5.41, 5.74) is 2.57. The Morgan fingerprint density at radius 2 is 1.79 bits per heavy atom. The highest BCUT2D eigenvalue weighted by Gasteiger charge is 2.28. The zero-order valence-electron chi connectivity index (χ0n) is 15.0. The first-order valence-electron chi connectivity index (χ1n) is 8.50. The summed E-state index contributed by atoms with van der Waals surface area (Å²) in [5.74, 6) is 0.245. The number of halogens is 2. The van der Waals surface area contributed by atoms with Gasteiger partial charge in [-0.05, 0) is 30.6 Å². The maximum atomic E-state index is 12.7. The van der Waals surface area contributed by atoms with Gasteiger partial charge < -0.3 is 10.2 Å². The van der Waals surface area contributed by atoms with Crippen LogP contribution in [0.3, 0.4) is 0 Å². The van der Waals surface area contributed by atoms with Crippen LogP contribution in [0.25, 0.3) is 0 Å². The predicted octanol–water partition coefficient (Wildman–Crippen LogP) is 2.91. The Hall–Kier alpha value is -0.810. The van der Waals surface area contributed by atoms with E-state index < -0.39 is 0 Å². The van der Waals surface area contributed by atoms with E-state index in [1.165, 1.54) is 11.1 Å². The van der Waals surface area contributed by atoms with Crippen molar-refractivity contribution in [3.05, 3.63) is 35.4 Å². The lowest BCUT2D eigenvalue weighted by Gasteiger charge is -2.37. The van der Waals surface area contributed by atoms with Gasteiger partial charge in [-0.1, -0.05) is 45.0 Å². The SMILES string of the molecule is CCc1ccc(C2CNCCN2C(=O)CN(CC)CC)cc1.Cl.Cl. The molecule has 0 saturated carbocycles. The number of amides is 1. The van der Waals surface area contributed by atoms with Crippen LogP contribution < -0.4 is 5.32 Å². The van der Waals surface area contributed by atoms with Crippen LogP contribution in [-0.4, -0.2) is 55.0 Å². The monoisotopic (exact) mass is 375 g/mol. The fourth-order valence-corrected chi connectivity index (χ4v) is 3.01. The number of nitrogens with one attached hydrogen (secondary N) is 1. The Kier molecular flexibility index (Phi) is 11.3. The van der Waals surface area contributed by atoms with Crippen molar-refractivity contribution in [3.8, 4) is 0 Å². The number of likely N-dealkylation sites (N-methyl/N-ethyl adjacent to an activating group) is 1. The third kappa shape index (κ3) is 5.92. The largest absolute Gasteiger partial charge is 0.332 e. The molecule has 1 atom stereocenters. The first-order valence-corrected chi connectivity index (χ1v) is 8.50. The molecule has 1 saturated heterocycles. The Morgan fingerprint density at radius 1 is 1.17 bits per heavy atom. The highest BCUT2D eigenvalue weighted by Crippen LogP contribution is 2.23. The van der Waals surface area contributed by atoms with E-state index in [9.17, 15) is 4.79 Å². The second-order valence-electron chi connectivity index (χ2n) is 5.86. The number of carbonyl (C=O) groups is 1. The molecule has 4 nitrogen and oxygen atoms in total. The van der Waals surface area contributed by atoms with E-state index in [0.717, 1.165) is 39.1 Å². The first kappa shape index (κ1) is 23.2. The summed E-state index contributed by atoms with van der Waals surface area (Å²) in [6.07, 6.45) is 1.05. The van der Waals surface area contributed by atoms with Crippen molar-refractivity contribution in [1.82, 2.24) is 15.1 Å². The minimum atomic E-state index is 0. The molecule has 0 radical (unpaired) electrons. The number of aryl methyl sites for hydroxylation is 1. The van der Waals surface area contributed by atoms with Crippen molar-refractivity contribution < 1.29 is 4.79 Å². The molecule has 0 aromatic heterocycles. The highest BCUT2D eigenvalue weighted by atomic mass is 35.5. The van der Waals surface area contributed by atoms with Gasteiger partial charge in [0.1, 0.15) is 0 Å². The van der Waals surface area contributed by atoms with E-state index in [1.807, 2.05) is 0 Å². The van der Waals surface area contributed by atoms with Crippen LogP contribution in [0.1, 0.15) is 37.9 Å². The highest BCUT2D eigenvalue weighted by molar-refractivity contribution is 5.85. The summed E-state index contributed by atoms with van der Waals surface area (Å²) in [6.45, 7) is 11.3. The van der Waals surface area contributed by atoms with Crippen molar-refractivity contribution in [2.45, 2.75) is 33.2 Å². The van der Waals surface area contributed by atoms with Crippen LogP contribution >= 0.6 is 24.8 Å². The van der Waals surface area contributed by atoms with Crippen LogP contribution in [0.4, 0.5) is 0 Å². The van der Waals surface area contributed by atoms with E-state index in [4.69, 9.17) is 0 Å². The van der Waals surface area contributed by atoms with Gasteiger partial charge in [-0.25, -0.2) is 0 Å². The number of rotatable bonds is 6. The number of nitrogens with zero attached hydrogens (tertiary/aromatic N) is 2. The lowest BCUT2D eigenvalue weighted by molar-refractivity contribution is -0.135. The summed E-state index contributed by atoms with van der Waals surface area (Å²) < 4.78 is 0. The number of benzene rings is 1. The number of hydrogen-bond acceptors (Lipinski definition) is 3. The van der Waals surface area contributed by atoms with Crippen molar-refractivity contribution in [2.75, 3.05) is 39.3 Å². The van der Waals surface area contributed by atoms with E-state index in [0.29, 0.717) is 6.54 Å². The maximum absolute atomic E-state index is 12.7. The molecule has 1 fully saturated rings. The standard InChI is InChI=1S/C18H29N3O.2ClH/c1-4-15-7-9-16(10-8-15)17-13-19-11-12-21(17)18(22)14-20(5-2)6-3;;/h7-10,17,19H,4-6,11-14H2,1-3H3;2*1H. The molecule has 138 valence electrons. The smallest absolute Gasteiger partial charge is 0.237 e. The van der Waals surface area contributed by atoms with Gasteiger partial charge in [-0.2, -0.15) is 0 Å². The number of hydrogen-bond donors (Lipinski definition) is 1. The third-order valence-electron chi connectivity index (χ3n) is 4.59. The fraction of sp³-hybridized carbons (Fsp3) is 0.611. The molecular weight excluding hydrogens is 345 g/mol. The van der Waals surface area contributed by atoms with Crippen LogP contribution in [0.2, 0.25) is 0 Å². The van der Waals surface area contributed by atoms with Gasteiger partial charge in [0.2, 0.25) is 5.91 Å². The lowest BCUT2D eigenvalue weighted by atomic mass is 10.0. The first-order chi connectivity index (χ1) is 10.7. The summed E-state index contributed by atoms with van der Waals surface area (Å²) in [5, 5.41) is 3.42. The summed E-state index contributed by atoms with van der Waals surface area (Å²) >= 11 is 0. The zero-order valence-corrected chi connectivity index (χ0v) is 16.6. The van der Waals surface area contributed by atoms with Gasteiger partial charge in [-0.15, -0.1) is 24.8 Å². The van der Waals surface area contributed by atoms with Gasteiger partial charge in [0.05, 0.1) is 12.6 Å². The van der Waals surface area contributed by atoms with Gasteiger partial charge in [0.25, 0.3) is 0 Å². The predicted molar refractivity (Wildman–Crippen MR) is 105 cm³/mol. The average Bonchev–Trinajstić information content (AvgIpc) is 2.59. The quantitative estimate of drug-likeness (QED) is 0.829. The summed E-state index contributed by atoms with van der Waals surface area (Å²) in [4.78, 5) is 16.9. The molecule has 1 N–H and O–H groups in total. The molecule has 0 bridgehead atoms. The van der Waals surface area contributed by atoms with Gasteiger partial charge in [-0.3, -0.25) is 9.69 Å². The van der Waals surface area contributed by atoms with E-state index in [2.05, 4.69) is 60.2 Å². The topological polar surface area (TPSA) is 35.6 Å². The van der Waals surface area contributed by atoms with E-state index in [1.54, 1.807) is 0 Å². The molecule has 1 unspecified atom stereocenters. The Bertz CT molecular complexity index is 478. The van der Waals surface area contributed by atoms with Crippen LogP contribution in [0.5, 0.6) is 0 Å². The molecule has 1 aromatic carbocycles. The third-order valence-corrected chi connectivity index (χ3v) is 4.59. The molecule has 6 heteroatoms. The lowest BCUT2D eigenvalue weighted by Crippen LogP contribution is -2.51. The second-order valence-corrected chi connectivity index (χ2v) is 5.86. The summed E-state index contributed by atoms with van der Waals surface area (Å²) in [7, 11) is 0. The Labute approximate surface area is 158 Å². The number of carbonyl (C=O) groups excluding carboxylic acids is 1. The fourth-order valence-electron chi connectivity index (χ4n) is 3.01. The molecule has 1 aliphatic heterocycles. The second kappa shape index (κ2) is 11.7. The van der Waals surface area contributed by atoms with Crippen LogP contribution in [0.15, 0.2) is 24.3 Å². The van der Waals surface area contributed by atoms with Crippen LogP contribution in [0, 0.1) is 0 Å². The molecular formula is C18H31Cl2N3O. The normalized spacial score (nSPS) is 17.2. The molecule has 2 rings (SSSR count). The summed E-state index contributed by atoms with van der Waals surface area (Å²) in [6, 6.07) is 8.86. The van der Waals surface area contributed by atoms with Crippen molar-refractivity contribution in [1.29, 1.82) is 0 Å². The number of piperazine rings is 1. The van der Waals surface area contributed by atoms with E-state index in [-0.39, 0.29) is 36.8 Å². The van der Waals surface area contributed by atoms with Gasteiger partial charge >= 0.3 is 0 Å². The molecule has 1 heterocycles. The van der Waals surface area contributed by atoms with E-state index >= 15 is 0 Å². The van der Waals surface area contributed by atoms with Crippen molar-refractivity contribution >= 4 is 30.7 Å². The molecule has 24 heavy (non-hydrogen) atoms. The molecule has 1 aromatic rings. The molecule has 1 aliphatic rings. The maximum Gasteiger partial charge on any atom is 0.237 e. The molecule has 0 spiro atoms. The Balaban J connectivity index is 0.00000264. The Morgan fingerprint density at radius 3 is 2.33 bits per heavy atom. The van der Waals surface area contributed by atoms with Crippen LogP contribution in [-0.2, 0) is 11.2 Å². The zero-order chi connectivity index (χ0) is 15.9. The minimum absolute atomic E-state index is 0. The molecule has 0 aliphatic carbocycles. The van der Waals surface area contributed by atoms with Crippen molar-refractivity contribution in [3.63, 3.8) is 0 Å². The minimum Gasteiger partial charge on any atom is -0.332 e. The van der Waals surface area contributed by atoms with Crippen molar-refractivity contribution in [2.24, 2.45) is 0 Å². The molecule has 1 amide bonds. The van der Waals surface area contributed by atoms with Gasteiger partial charge in [0.15, 0.2) is 0 Å².